The molecule has 0 aliphatic rings. The van der Waals surface area contributed by atoms with Crippen molar-refractivity contribution in [2.75, 3.05) is 5.32 Å². The average molecular weight is 374 g/mol. The molecule has 2 aromatic carbocycles. The summed E-state index contributed by atoms with van der Waals surface area (Å²) in [5, 5.41) is 2.93. The molecule has 28 heavy (non-hydrogen) atoms. The van der Waals surface area contributed by atoms with Crippen LogP contribution in [-0.4, -0.2) is 10.9 Å². The molecule has 1 N–H and O–H groups in total. The van der Waals surface area contributed by atoms with Crippen molar-refractivity contribution in [1.29, 1.82) is 0 Å². The van der Waals surface area contributed by atoms with Gasteiger partial charge in [-0.05, 0) is 67.8 Å². The summed E-state index contributed by atoms with van der Waals surface area (Å²) >= 11 is 0. The van der Waals surface area contributed by atoms with Crippen LogP contribution in [0.1, 0.15) is 47.6 Å². The van der Waals surface area contributed by atoms with E-state index in [2.05, 4.69) is 30.2 Å². The quantitative estimate of drug-likeness (QED) is 0.556. The van der Waals surface area contributed by atoms with Gasteiger partial charge in [-0.2, -0.15) is 0 Å². The van der Waals surface area contributed by atoms with Gasteiger partial charge in [-0.25, -0.2) is 0 Å². The van der Waals surface area contributed by atoms with Gasteiger partial charge in [0.1, 0.15) is 11.5 Å². The average Bonchev–Trinajstić information content (AvgIpc) is 2.70. The molecule has 0 fully saturated rings. The number of aromatic nitrogens is 1. The lowest BCUT2D eigenvalue weighted by Crippen LogP contribution is -2.14. The smallest absolute Gasteiger partial charge is 0.257 e. The lowest BCUT2D eigenvalue weighted by Gasteiger charge is -2.11. The Bertz CT molecular complexity index is 949. The van der Waals surface area contributed by atoms with E-state index in [1.165, 1.54) is 0 Å². The van der Waals surface area contributed by atoms with E-state index in [-0.39, 0.29) is 5.91 Å². The molecule has 4 nitrogen and oxygen atoms in total. The van der Waals surface area contributed by atoms with Gasteiger partial charge in [0.05, 0.1) is 11.3 Å². The Morgan fingerprint density at radius 2 is 1.75 bits per heavy atom. The van der Waals surface area contributed by atoms with E-state index in [4.69, 9.17) is 4.74 Å². The van der Waals surface area contributed by atoms with Crippen LogP contribution in [-0.2, 0) is 12.8 Å². The third kappa shape index (κ3) is 4.77. The number of hydrogen-bond donors (Lipinski definition) is 1. The number of amides is 1. The number of nitrogens with one attached hydrogen (secondary N) is 1. The number of para-hydroxylation sites is 1. The largest absolute Gasteiger partial charge is 0.457 e. The van der Waals surface area contributed by atoms with Gasteiger partial charge in [-0.15, -0.1) is 0 Å². The van der Waals surface area contributed by atoms with E-state index in [1.54, 1.807) is 0 Å². The van der Waals surface area contributed by atoms with E-state index in [0.29, 0.717) is 5.56 Å². The van der Waals surface area contributed by atoms with Crippen LogP contribution in [0.25, 0.3) is 0 Å². The maximum absolute atomic E-state index is 12.6. The third-order valence-electron chi connectivity index (χ3n) is 4.59. The van der Waals surface area contributed by atoms with Crippen molar-refractivity contribution in [1.82, 2.24) is 4.98 Å². The maximum Gasteiger partial charge on any atom is 0.257 e. The first-order chi connectivity index (χ1) is 13.6. The lowest BCUT2D eigenvalue weighted by molar-refractivity contribution is 0.102. The highest BCUT2D eigenvalue weighted by atomic mass is 16.5. The molecule has 0 atom stereocenters. The molecular weight excluding hydrogens is 348 g/mol. The molecule has 1 amide bonds. The van der Waals surface area contributed by atoms with Crippen molar-refractivity contribution in [3.63, 3.8) is 0 Å². The Kier molecular flexibility index (Phi) is 6.43. The number of hydrogen-bond acceptors (Lipinski definition) is 3. The predicted molar refractivity (Wildman–Crippen MR) is 113 cm³/mol. The van der Waals surface area contributed by atoms with Gasteiger partial charge in [0, 0.05) is 11.4 Å². The van der Waals surface area contributed by atoms with Gasteiger partial charge in [0.25, 0.3) is 5.91 Å². The first-order valence-electron chi connectivity index (χ1n) is 9.74. The number of aryl methyl sites for hydroxylation is 3. The van der Waals surface area contributed by atoms with Gasteiger partial charge in [0.15, 0.2) is 0 Å². The highest BCUT2D eigenvalue weighted by molar-refractivity contribution is 6.05. The molecular formula is C24H26N2O2. The monoisotopic (exact) mass is 374 g/mol. The van der Waals surface area contributed by atoms with Crippen LogP contribution in [0.5, 0.6) is 11.5 Å². The Hall–Kier alpha value is -3.14. The molecule has 1 aromatic heterocycles. The molecule has 0 saturated carbocycles. The van der Waals surface area contributed by atoms with E-state index in [9.17, 15) is 4.79 Å². The second kappa shape index (κ2) is 9.18. The van der Waals surface area contributed by atoms with Gasteiger partial charge in [0.2, 0.25) is 0 Å². The van der Waals surface area contributed by atoms with Crippen LogP contribution >= 0.6 is 0 Å². The number of ether oxygens (including phenoxy) is 1. The molecule has 3 aromatic rings. The molecule has 1 heterocycles. The fourth-order valence-electron chi connectivity index (χ4n) is 3.08. The zero-order valence-electron chi connectivity index (χ0n) is 16.7. The Morgan fingerprint density at radius 3 is 2.43 bits per heavy atom. The van der Waals surface area contributed by atoms with Crippen molar-refractivity contribution >= 4 is 11.6 Å². The van der Waals surface area contributed by atoms with Crippen LogP contribution < -0.4 is 10.1 Å². The summed E-state index contributed by atoms with van der Waals surface area (Å²) in [7, 11) is 0. The molecule has 0 aliphatic carbocycles. The number of benzene rings is 2. The number of nitrogens with zero attached hydrogens (tertiary/aromatic N) is 1. The molecule has 0 unspecified atom stereocenters. The minimum absolute atomic E-state index is 0.155. The van der Waals surface area contributed by atoms with Crippen molar-refractivity contribution in [3.8, 4) is 11.5 Å². The maximum atomic E-state index is 12.6. The van der Waals surface area contributed by atoms with Gasteiger partial charge in [-0.3, -0.25) is 9.78 Å². The minimum atomic E-state index is -0.155. The summed E-state index contributed by atoms with van der Waals surface area (Å²) in [6.45, 7) is 6.09. The number of carbonyl (C=O) groups excluding carboxylic acids is 1. The van der Waals surface area contributed by atoms with Crippen molar-refractivity contribution in [2.24, 2.45) is 0 Å². The predicted octanol–water partition coefficient (Wildman–Crippen LogP) is 5.95. The zero-order valence-corrected chi connectivity index (χ0v) is 16.7. The van der Waals surface area contributed by atoms with Crippen LogP contribution in [0, 0.1) is 6.92 Å². The summed E-state index contributed by atoms with van der Waals surface area (Å²) < 4.78 is 5.98. The second-order valence-electron chi connectivity index (χ2n) is 6.73. The summed E-state index contributed by atoms with van der Waals surface area (Å²) in [6.07, 6.45) is 2.87. The molecule has 0 bridgehead atoms. The van der Waals surface area contributed by atoms with Gasteiger partial charge >= 0.3 is 0 Å². The summed E-state index contributed by atoms with van der Waals surface area (Å²) in [5.74, 6) is 1.44. The first kappa shape index (κ1) is 19.6. The molecule has 3 rings (SSSR count). The Balaban J connectivity index is 1.68. The normalized spacial score (nSPS) is 10.5. The number of anilines is 1. The molecule has 0 saturated heterocycles. The zero-order chi connectivity index (χ0) is 19.9. The fraction of sp³-hybridized carbons (Fsp3) is 0.250. The first-order valence-corrected chi connectivity index (χ1v) is 9.74. The van der Waals surface area contributed by atoms with Gasteiger partial charge in [-0.1, -0.05) is 38.5 Å². The van der Waals surface area contributed by atoms with E-state index >= 15 is 0 Å². The number of carbonyl (C=O) groups is 1. The molecule has 0 spiro atoms. The highest BCUT2D eigenvalue weighted by Crippen LogP contribution is 2.26. The Labute approximate surface area is 166 Å². The van der Waals surface area contributed by atoms with Gasteiger partial charge < -0.3 is 10.1 Å². The summed E-state index contributed by atoms with van der Waals surface area (Å²) in [5.41, 5.74) is 4.24. The Morgan fingerprint density at radius 1 is 1.00 bits per heavy atom. The minimum Gasteiger partial charge on any atom is -0.457 e. The van der Waals surface area contributed by atoms with Crippen LogP contribution in [0.3, 0.4) is 0 Å². The highest BCUT2D eigenvalue weighted by Gasteiger charge is 2.11. The van der Waals surface area contributed by atoms with Crippen molar-refractivity contribution in [3.05, 3.63) is 83.2 Å². The summed E-state index contributed by atoms with van der Waals surface area (Å²) in [4.78, 5) is 17.1. The topological polar surface area (TPSA) is 51.2 Å². The number of rotatable bonds is 7. The summed E-state index contributed by atoms with van der Waals surface area (Å²) in [6, 6.07) is 19.2. The van der Waals surface area contributed by atoms with Crippen molar-refractivity contribution in [2.45, 2.75) is 40.0 Å². The van der Waals surface area contributed by atoms with E-state index in [0.717, 1.165) is 53.4 Å². The van der Waals surface area contributed by atoms with Crippen molar-refractivity contribution < 1.29 is 9.53 Å². The molecule has 4 heteroatoms. The number of pyridine rings is 1. The van der Waals surface area contributed by atoms with Crippen LogP contribution in [0.2, 0.25) is 0 Å². The third-order valence-corrected chi connectivity index (χ3v) is 4.59. The lowest BCUT2D eigenvalue weighted by atomic mass is 10.1. The SMILES string of the molecule is CCCc1ccc(C(=O)Nc2ccc(Oc3ccccc3CC)cc2)c(C)n1. The molecule has 0 aliphatic heterocycles. The van der Waals surface area contributed by atoms with Crippen LogP contribution in [0.15, 0.2) is 60.7 Å². The second-order valence-corrected chi connectivity index (χ2v) is 6.73. The van der Waals surface area contributed by atoms with E-state index < -0.39 is 0 Å². The fourth-order valence-corrected chi connectivity index (χ4v) is 3.08. The van der Waals surface area contributed by atoms with Crippen LogP contribution in [0.4, 0.5) is 5.69 Å². The standard InChI is InChI=1S/C24H26N2O2/c1-4-8-19-13-16-22(17(3)25-19)24(27)26-20-11-14-21(15-12-20)28-23-10-7-6-9-18(23)5-2/h6-7,9-16H,4-5,8H2,1-3H3,(H,26,27). The van der Waals surface area contributed by atoms with E-state index in [1.807, 2.05) is 61.5 Å². The molecule has 144 valence electrons. The molecule has 0 radical (unpaired) electrons.